The van der Waals surface area contributed by atoms with Crippen molar-refractivity contribution in [2.75, 3.05) is 4.90 Å². The van der Waals surface area contributed by atoms with E-state index in [1.807, 2.05) is 83.8 Å². The number of hydrogen-bond donors (Lipinski definition) is 0. The molecule has 1 heteroatoms. The van der Waals surface area contributed by atoms with Crippen LogP contribution in [0.5, 0.6) is 0 Å². The minimum atomic E-state index is -0.115. The van der Waals surface area contributed by atoms with E-state index in [0.29, 0.717) is 5.56 Å². The van der Waals surface area contributed by atoms with Crippen LogP contribution in [0.4, 0.5) is 17.1 Å². The molecule has 248 valence electrons. The zero-order valence-electron chi connectivity index (χ0n) is 32.8. The molecule has 0 saturated carbocycles. The minimum Gasteiger partial charge on any atom is -0.310 e. The van der Waals surface area contributed by atoms with E-state index in [2.05, 4.69) is 109 Å². The van der Waals surface area contributed by atoms with Gasteiger partial charge in [0.1, 0.15) is 0 Å². The van der Waals surface area contributed by atoms with Gasteiger partial charge in [-0.15, -0.1) is 0 Å². The van der Waals surface area contributed by atoms with Crippen molar-refractivity contribution in [3.05, 3.63) is 212 Å². The van der Waals surface area contributed by atoms with Gasteiger partial charge in [-0.25, -0.2) is 0 Å². The number of fused-ring (bicyclic) bond motifs is 5. The van der Waals surface area contributed by atoms with Crippen LogP contribution in [0.25, 0.3) is 76.5 Å². The zero-order valence-corrected chi connectivity index (χ0v) is 28.8. The van der Waals surface area contributed by atoms with Gasteiger partial charge in [0, 0.05) is 17.1 Å². The lowest BCUT2D eigenvalue weighted by molar-refractivity contribution is 1.28. The summed E-state index contributed by atoms with van der Waals surface area (Å²) in [5.74, 6) is 0. The fourth-order valence-corrected chi connectivity index (χ4v) is 7.72. The van der Waals surface area contributed by atoms with Crippen molar-refractivity contribution in [3.8, 4) is 33.4 Å². The highest BCUT2D eigenvalue weighted by Gasteiger charge is 2.16. The van der Waals surface area contributed by atoms with Crippen molar-refractivity contribution >= 4 is 60.2 Å². The van der Waals surface area contributed by atoms with Crippen LogP contribution in [0.2, 0.25) is 0 Å². The summed E-state index contributed by atoms with van der Waals surface area (Å²) in [5.41, 5.74) is 6.65. The van der Waals surface area contributed by atoms with E-state index in [-0.39, 0.29) is 35.4 Å². The number of rotatable bonds is 6. The Morgan fingerprint density at radius 1 is 0.283 bits per heavy atom. The molecule has 0 saturated heterocycles. The maximum Gasteiger partial charge on any atom is 0.0645 e. The Balaban J connectivity index is 1.18. The average molecular weight is 678 g/mol. The first-order chi connectivity index (χ1) is 27.9. The van der Waals surface area contributed by atoms with E-state index in [9.17, 15) is 5.48 Å². The Morgan fingerprint density at radius 3 is 1.36 bits per heavy atom. The quantitative estimate of drug-likeness (QED) is 0.158. The van der Waals surface area contributed by atoms with Gasteiger partial charge in [0.2, 0.25) is 0 Å². The van der Waals surface area contributed by atoms with Gasteiger partial charge in [-0.2, -0.15) is 0 Å². The lowest BCUT2D eigenvalue weighted by Gasteiger charge is -2.27. The van der Waals surface area contributed by atoms with Gasteiger partial charge >= 0.3 is 0 Å². The monoisotopic (exact) mass is 677 g/mol. The largest absolute Gasteiger partial charge is 0.310 e. The van der Waals surface area contributed by atoms with Crippen LogP contribution in [0.3, 0.4) is 0 Å². The summed E-state index contributed by atoms with van der Waals surface area (Å²) in [7, 11) is 0. The second kappa shape index (κ2) is 13.0. The molecule has 1 nitrogen and oxygen atoms in total. The van der Waals surface area contributed by atoms with Crippen molar-refractivity contribution in [2.24, 2.45) is 0 Å². The van der Waals surface area contributed by atoms with E-state index in [1.54, 1.807) is 0 Å². The van der Waals surface area contributed by atoms with Gasteiger partial charge in [0.05, 0.1) is 5.48 Å². The van der Waals surface area contributed by atoms with Crippen molar-refractivity contribution < 1.29 is 5.48 Å². The third-order valence-corrected chi connectivity index (χ3v) is 10.3. The van der Waals surface area contributed by atoms with E-state index in [1.165, 1.54) is 0 Å². The van der Waals surface area contributed by atoms with E-state index >= 15 is 0 Å². The fourth-order valence-electron chi connectivity index (χ4n) is 7.72. The number of hydrogen-bond acceptors (Lipinski definition) is 1. The Labute approximate surface area is 315 Å². The van der Waals surface area contributed by atoms with Crippen LogP contribution in [-0.4, -0.2) is 0 Å². The highest BCUT2D eigenvalue weighted by Crippen LogP contribution is 2.41. The van der Waals surface area contributed by atoms with Gasteiger partial charge in [-0.3, -0.25) is 0 Å². The van der Waals surface area contributed by atoms with Crippen molar-refractivity contribution in [3.63, 3.8) is 0 Å². The van der Waals surface area contributed by atoms with Crippen LogP contribution in [-0.2, 0) is 0 Å². The molecular weight excluding hydrogens is 639 g/mol. The van der Waals surface area contributed by atoms with Gasteiger partial charge in [-0.1, -0.05) is 170 Å². The summed E-state index contributed by atoms with van der Waals surface area (Å²) < 4.78 is 38.3. The average Bonchev–Trinajstić information content (AvgIpc) is 3.26. The van der Waals surface area contributed by atoms with Gasteiger partial charge in [0.15, 0.2) is 0 Å². The predicted molar refractivity (Wildman–Crippen MR) is 227 cm³/mol. The maximum absolute atomic E-state index is 9.64. The van der Waals surface area contributed by atoms with Crippen LogP contribution >= 0.6 is 0 Å². The summed E-state index contributed by atoms with van der Waals surface area (Å²) in [5, 5.41) is 8.84. The number of nitrogens with zero attached hydrogens (tertiary/aromatic N) is 1. The first-order valence-corrected chi connectivity index (χ1v) is 17.9. The molecule has 0 heterocycles. The SMILES string of the molecule is [2H]c1c([2H])c(N(c2cccc(-c3cccc4ccccc34)c2)c2cccc(-c3cccc4ccccc34)c2)c([2H])c([2H])c1-c1ccc2c(ccc3ccccc32)c1. The smallest absolute Gasteiger partial charge is 0.0645 e. The fraction of sp³-hybridized carbons (Fsp3) is 0. The molecule has 0 fully saturated rings. The topological polar surface area (TPSA) is 3.24 Å². The first-order valence-electron chi connectivity index (χ1n) is 19.9. The van der Waals surface area contributed by atoms with Gasteiger partial charge < -0.3 is 4.90 Å². The first kappa shape index (κ1) is 26.8. The summed E-state index contributed by atoms with van der Waals surface area (Å²) in [4.78, 5) is 1.89. The van der Waals surface area contributed by atoms with Gasteiger partial charge in [0.25, 0.3) is 0 Å². The van der Waals surface area contributed by atoms with Crippen molar-refractivity contribution in [2.45, 2.75) is 0 Å². The molecule has 0 aliphatic carbocycles. The molecular formula is C52H35N. The third-order valence-electron chi connectivity index (χ3n) is 10.3. The van der Waals surface area contributed by atoms with Gasteiger partial charge in [-0.05, 0) is 119 Å². The predicted octanol–water partition coefficient (Wildman–Crippen LogP) is 14.8. The number of anilines is 3. The highest BCUT2D eigenvalue weighted by molar-refractivity contribution is 6.08. The van der Waals surface area contributed by atoms with E-state index in [4.69, 9.17) is 0 Å². The molecule has 10 aromatic carbocycles. The normalized spacial score (nSPS) is 12.5. The highest BCUT2D eigenvalue weighted by atomic mass is 15.1. The Morgan fingerprint density at radius 2 is 0.755 bits per heavy atom. The molecule has 0 aliphatic rings. The molecule has 53 heavy (non-hydrogen) atoms. The summed E-state index contributed by atoms with van der Waals surface area (Å²) >= 11 is 0. The Hall–Kier alpha value is -6.96. The summed E-state index contributed by atoms with van der Waals surface area (Å²) in [6, 6.07) is 63.4. The molecule has 0 N–H and O–H groups in total. The maximum atomic E-state index is 9.64. The second-order valence-corrected chi connectivity index (χ2v) is 13.4. The van der Waals surface area contributed by atoms with Crippen molar-refractivity contribution in [1.82, 2.24) is 0 Å². The Bertz CT molecular complexity index is 3040. The van der Waals surface area contributed by atoms with Crippen molar-refractivity contribution in [1.29, 1.82) is 0 Å². The molecule has 0 spiro atoms. The van der Waals surface area contributed by atoms with Crippen LogP contribution in [0, 0.1) is 0 Å². The van der Waals surface area contributed by atoms with E-state index in [0.717, 1.165) is 76.7 Å². The molecule has 0 bridgehead atoms. The molecule has 0 amide bonds. The zero-order chi connectivity index (χ0) is 38.6. The summed E-state index contributed by atoms with van der Waals surface area (Å²) in [6.45, 7) is 0. The van der Waals surface area contributed by atoms with Crippen LogP contribution in [0.1, 0.15) is 5.48 Å². The molecule has 0 aliphatic heterocycles. The molecule has 0 atom stereocenters. The molecule has 0 unspecified atom stereocenters. The minimum absolute atomic E-state index is 0.0912. The standard InChI is InChI=1S/C52H35N/c1-4-20-47-37(11-1)14-9-23-50(47)41-16-7-18-45(34-41)53(46-19-8-17-42(35-46)51-24-10-15-38-12-2-5-21-48(38)51)44-30-27-36(28-31-44)40-29-32-52-43(33-40)26-25-39-13-3-6-22-49(39)52/h1-35H/i27D,28D,30D,31D. The number of benzene rings is 10. The lowest BCUT2D eigenvalue weighted by Crippen LogP contribution is -2.10. The Kier molecular flexibility index (Phi) is 6.56. The molecule has 0 radical (unpaired) electrons. The third kappa shape index (κ3) is 5.60. The van der Waals surface area contributed by atoms with E-state index < -0.39 is 0 Å². The van der Waals surface area contributed by atoms with Crippen LogP contribution in [0.15, 0.2) is 212 Å². The molecule has 10 rings (SSSR count). The summed E-state index contributed by atoms with van der Waals surface area (Å²) in [6.07, 6.45) is 0. The lowest BCUT2D eigenvalue weighted by atomic mass is 9.96. The molecule has 10 aromatic rings. The molecule has 0 aromatic heterocycles. The second-order valence-electron chi connectivity index (χ2n) is 13.4. The van der Waals surface area contributed by atoms with Crippen LogP contribution < -0.4 is 4.90 Å².